The van der Waals surface area contributed by atoms with Gasteiger partial charge in [0.1, 0.15) is 5.76 Å². The standard InChI is InChI=1S/C23H25N3O3/c1-15(2)14-24-22(28)18-11-7-8-12-19(18)25-21(27)13-20-16(3)29-23(26-20)17-9-5-4-6-10-17/h4-12,15H,13-14H2,1-3H3,(H,24,28)(H,25,27). The lowest BCUT2D eigenvalue weighted by Gasteiger charge is -2.12. The molecule has 0 bridgehead atoms. The van der Waals surface area contributed by atoms with Crippen molar-refractivity contribution >= 4 is 17.5 Å². The Morgan fingerprint density at radius 3 is 2.45 bits per heavy atom. The molecule has 6 nitrogen and oxygen atoms in total. The van der Waals surface area contributed by atoms with E-state index in [4.69, 9.17) is 4.42 Å². The van der Waals surface area contributed by atoms with Crippen LogP contribution in [-0.2, 0) is 11.2 Å². The number of benzene rings is 2. The molecule has 150 valence electrons. The maximum absolute atomic E-state index is 12.6. The smallest absolute Gasteiger partial charge is 0.253 e. The third-order valence-electron chi connectivity index (χ3n) is 4.36. The summed E-state index contributed by atoms with van der Waals surface area (Å²) in [6, 6.07) is 16.5. The zero-order valence-corrected chi connectivity index (χ0v) is 16.9. The summed E-state index contributed by atoms with van der Waals surface area (Å²) in [6.07, 6.45) is 0.0596. The van der Waals surface area contributed by atoms with Crippen molar-refractivity contribution in [2.24, 2.45) is 5.92 Å². The number of para-hydroxylation sites is 1. The van der Waals surface area contributed by atoms with Crippen molar-refractivity contribution in [1.29, 1.82) is 0 Å². The van der Waals surface area contributed by atoms with Crippen LogP contribution in [0.2, 0.25) is 0 Å². The quantitative estimate of drug-likeness (QED) is 0.632. The predicted molar refractivity (Wildman–Crippen MR) is 113 cm³/mol. The molecule has 2 aromatic carbocycles. The minimum absolute atomic E-state index is 0.0596. The average Bonchev–Trinajstić information content (AvgIpc) is 3.07. The van der Waals surface area contributed by atoms with E-state index in [1.165, 1.54) is 0 Å². The number of hydrogen-bond acceptors (Lipinski definition) is 4. The summed E-state index contributed by atoms with van der Waals surface area (Å²) >= 11 is 0. The summed E-state index contributed by atoms with van der Waals surface area (Å²) in [6.45, 7) is 6.41. The molecule has 2 N–H and O–H groups in total. The number of hydrogen-bond donors (Lipinski definition) is 2. The van der Waals surface area contributed by atoms with Crippen LogP contribution in [0, 0.1) is 12.8 Å². The van der Waals surface area contributed by atoms with Crippen molar-refractivity contribution in [2.75, 3.05) is 11.9 Å². The van der Waals surface area contributed by atoms with Gasteiger partial charge < -0.3 is 15.1 Å². The summed E-state index contributed by atoms with van der Waals surface area (Å²) in [5.41, 5.74) is 2.34. The minimum Gasteiger partial charge on any atom is -0.441 e. The number of anilines is 1. The summed E-state index contributed by atoms with van der Waals surface area (Å²) in [4.78, 5) is 29.5. The van der Waals surface area contributed by atoms with Crippen LogP contribution < -0.4 is 10.6 Å². The van der Waals surface area contributed by atoms with Gasteiger partial charge in [0.05, 0.1) is 23.4 Å². The highest BCUT2D eigenvalue weighted by molar-refractivity contribution is 6.04. The first-order valence-corrected chi connectivity index (χ1v) is 9.63. The molecule has 3 aromatic rings. The van der Waals surface area contributed by atoms with Gasteiger partial charge in [-0.25, -0.2) is 4.98 Å². The Balaban J connectivity index is 1.71. The monoisotopic (exact) mass is 391 g/mol. The summed E-state index contributed by atoms with van der Waals surface area (Å²) < 4.78 is 5.71. The largest absolute Gasteiger partial charge is 0.441 e. The topological polar surface area (TPSA) is 84.2 Å². The van der Waals surface area contributed by atoms with Gasteiger partial charge in [-0.3, -0.25) is 9.59 Å². The van der Waals surface area contributed by atoms with Crippen molar-refractivity contribution in [3.8, 4) is 11.5 Å². The normalized spacial score (nSPS) is 10.8. The lowest BCUT2D eigenvalue weighted by Crippen LogP contribution is -2.28. The highest BCUT2D eigenvalue weighted by atomic mass is 16.4. The van der Waals surface area contributed by atoms with Crippen LogP contribution in [0.4, 0.5) is 5.69 Å². The summed E-state index contributed by atoms with van der Waals surface area (Å²) in [7, 11) is 0. The average molecular weight is 391 g/mol. The van der Waals surface area contributed by atoms with Crippen LogP contribution in [0.3, 0.4) is 0 Å². The molecule has 0 saturated heterocycles. The number of aromatic nitrogens is 1. The Kier molecular flexibility index (Phi) is 6.44. The maximum atomic E-state index is 12.6. The fraction of sp³-hybridized carbons (Fsp3) is 0.261. The van der Waals surface area contributed by atoms with Crippen LogP contribution in [0.1, 0.15) is 35.7 Å². The third-order valence-corrected chi connectivity index (χ3v) is 4.36. The number of rotatable bonds is 7. The molecule has 0 spiro atoms. The molecule has 1 heterocycles. The predicted octanol–water partition coefficient (Wildman–Crippen LogP) is 4.22. The Morgan fingerprint density at radius 1 is 1.03 bits per heavy atom. The van der Waals surface area contributed by atoms with Gasteiger partial charge in [-0.1, -0.05) is 44.2 Å². The van der Waals surface area contributed by atoms with Crippen molar-refractivity contribution in [3.05, 3.63) is 71.6 Å². The second-order valence-corrected chi connectivity index (χ2v) is 7.26. The zero-order chi connectivity index (χ0) is 20.8. The Bertz CT molecular complexity index is 994. The van der Waals surface area contributed by atoms with Crippen LogP contribution in [0.25, 0.3) is 11.5 Å². The van der Waals surface area contributed by atoms with Crippen LogP contribution >= 0.6 is 0 Å². The fourth-order valence-electron chi connectivity index (χ4n) is 2.82. The van der Waals surface area contributed by atoms with Gasteiger partial charge in [-0.2, -0.15) is 0 Å². The zero-order valence-electron chi connectivity index (χ0n) is 16.9. The lowest BCUT2D eigenvalue weighted by molar-refractivity contribution is -0.115. The molecule has 0 fully saturated rings. The molecule has 0 unspecified atom stereocenters. The summed E-state index contributed by atoms with van der Waals surface area (Å²) in [5.74, 6) is 0.958. The van der Waals surface area contributed by atoms with Crippen LogP contribution in [0.5, 0.6) is 0 Å². The Hall–Kier alpha value is -3.41. The summed E-state index contributed by atoms with van der Waals surface area (Å²) in [5, 5.41) is 5.70. The van der Waals surface area contributed by atoms with Crippen molar-refractivity contribution in [3.63, 3.8) is 0 Å². The second-order valence-electron chi connectivity index (χ2n) is 7.26. The molecular formula is C23H25N3O3. The van der Waals surface area contributed by atoms with E-state index in [0.717, 1.165) is 5.56 Å². The molecule has 0 saturated carbocycles. The van der Waals surface area contributed by atoms with Gasteiger partial charge in [0.2, 0.25) is 11.8 Å². The molecule has 0 radical (unpaired) electrons. The van der Waals surface area contributed by atoms with E-state index in [1.54, 1.807) is 31.2 Å². The van der Waals surface area contributed by atoms with Gasteiger partial charge in [0, 0.05) is 12.1 Å². The third kappa shape index (κ3) is 5.31. The van der Waals surface area contributed by atoms with E-state index < -0.39 is 0 Å². The number of carbonyl (C=O) groups excluding carboxylic acids is 2. The number of carbonyl (C=O) groups is 2. The molecule has 6 heteroatoms. The van der Waals surface area contributed by atoms with E-state index >= 15 is 0 Å². The van der Waals surface area contributed by atoms with Crippen molar-refractivity contribution in [2.45, 2.75) is 27.2 Å². The van der Waals surface area contributed by atoms with Crippen molar-refractivity contribution < 1.29 is 14.0 Å². The van der Waals surface area contributed by atoms with E-state index in [-0.39, 0.29) is 18.2 Å². The molecule has 1 aromatic heterocycles. The first-order chi connectivity index (χ1) is 13.9. The van der Waals surface area contributed by atoms with Gasteiger partial charge in [-0.15, -0.1) is 0 Å². The van der Waals surface area contributed by atoms with Gasteiger partial charge in [0.25, 0.3) is 5.91 Å². The molecule has 0 aliphatic rings. The Morgan fingerprint density at radius 2 is 1.72 bits per heavy atom. The fourth-order valence-corrected chi connectivity index (χ4v) is 2.82. The van der Waals surface area contributed by atoms with E-state index in [2.05, 4.69) is 15.6 Å². The van der Waals surface area contributed by atoms with Gasteiger partial charge in [-0.05, 0) is 37.1 Å². The molecule has 0 aliphatic carbocycles. The highest BCUT2D eigenvalue weighted by Gasteiger charge is 2.17. The molecule has 3 rings (SSSR count). The van der Waals surface area contributed by atoms with E-state index in [0.29, 0.717) is 41.1 Å². The maximum Gasteiger partial charge on any atom is 0.253 e. The van der Waals surface area contributed by atoms with E-state index in [1.807, 2.05) is 44.2 Å². The SMILES string of the molecule is Cc1oc(-c2ccccc2)nc1CC(=O)Nc1ccccc1C(=O)NCC(C)C. The van der Waals surface area contributed by atoms with Crippen LogP contribution in [-0.4, -0.2) is 23.3 Å². The number of oxazole rings is 1. The first-order valence-electron chi connectivity index (χ1n) is 9.63. The number of nitrogens with one attached hydrogen (secondary N) is 2. The molecular weight excluding hydrogens is 366 g/mol. The molecule has 0 atom stereocenters. The van der Waals surface area contributed by atoms with Crippen molar-refractivity contribution in [1.82, 2.24) is 10.3 Å². The number of amides is 2. The number of nitrogens with zero attached hydrogens (tertiary/aromatic N) is 1. The lowest BCUT2D eigenvalue weighted by atomic mass is 10.1. The Labute approximate surface area is 170 Å². The van der Waals surface area contributed by atoms with Gasteiger partial charge in [0.15, 0.2) is 0 Å². The second kappa shape index (κ2) is 9.19. The van der Waals surface area contributed by atoms with E-state index in [9.17, 15) is 9.59 Å². The minimum atomic E-state index is -0.259. The van der Waals surface area contributed by atoms with Crippen LogP contribution in [0.15, 0.2) is 59.0 Å². The first kappa shape index (κ1) is 20.3. The number of aryl methyl sites for hydroxylation is 1. The molecule has 2 amide bonds. The molecule has 29 heavy (non-hydrogen) atoms. The highest BCUT2D eigenvalue weighted by Crippen LogP contribution is 2.22. The molecule has 0 aliphatic heterocycles. The van der Waals surface area contributed by atoms with Gasteiger partial charge >= 0.3 is 0 Å².